The van der Waals surface area contributed by atoms with Crippen LogP contribution in [0, 0.1) is 6.92 Å². The summed E-state index contributed by atoms with van der Waals surface area (Å²) in [6.45, 7) is 9.29. The first-order valence-corrected chi connectivity index (χ1v) is 16.6. The van der Waals surface area contributed by atoms with Gasteiger partial charge in [-0.05, 0) is 64.3 Å². The van der Waals surface area contributed by atoms with Crippen LogP contribution in [0.2, 0.25) is 5.15 Å². The molecule has 5 rings (SSSR count). The molecular weight excluding hydrogens is 606 g/mol. The highest BCUT2D eigenvalue weighted by Crippen LogP contribution is 2.31. The normalized spacial score (nSPS) is 15.1. The molecule has 15 heteroatoms. The van der Waals surface area contributed by atoms with E-state index in [1.165, 1.54) is 6.07 Å². The van der Waals surface area contributed by atoms with Gasteiger partial charge in [-0.25, -0.2) is 28.1 Å². The zero-order chi connectivity index (χ0) is 31.9. The fraction of sp³-hybridized carbons (Fsp3) is 0.448. The summed E-state index contributed by atoms with van der Waals surface area (Å²) >= 11 is 6.04. The van der Waals surface area contributed by atoms with Crippen molar-refractivity contribution in [1.29, 1.82) is 0 Å². The summed E-state index contributed by atoms with van der Waals surface area (Å²) in [6, 6.07) is 6.62. The molecule has 0 spiro atoms. The number of piperidine rings is 1. The largest absolute Gasteiger partial charge is 0.377 e. The van der Waals surface area contributed by atoms with Crippen LogP contribution in [0.25, 0.3) is 10.9 Å². The number of nitrogens with one attached hydrogen (secondary N) is 2. The Bertz CT molecular complexity index is 1900. The third-order valence-corrected chi connectivity index (χ3v) is 8.49. The zero-order valence-corrected chi connectivity index (χ0v) is 27.1. The molecule has 0 radical (unpaired) electrons. The first kappa shape index (κ1) is 31.4. The van der Waals surface area contributed by atoms with Crippen molar-refractivity contribution in [2.24, 2.45) is 7.05 Å². The van der Waals surface area contributed by atoms with Crippen LogP contribution in [0.3, 0.4) is 0 Å². The third-order valence-electron chi connectivity index (χ3n) is 7.72. The van der Waals surface area contributed by atoms with Gasteiger partial charge in [0.15, 0.2) is 11.5 Å². The van der Waals surface area contributed by atoms with E-state index in [9.17, 15) is 18.0 Å². The Labute approximate surface area is 260 Å². The minimum atomic E-state index is -3.83. The number of hydrogen-bond donors (Lipinski definition) is 2. The molecule has 1 saturated heterocycles. The Hall–Kier alpha value is -4.04. The molecule has 0 unspecified atom stereocenters. The maximum atomic E-state index is 13.7. The van der Waals surface area contributed by atoms with Gasteiger partial charge in [0.1, 0.15) is 11.5 Å². The van der Waals surface area contributed by atoms with E-state index in [2.05, 4.69) is 39.1 Å². The van der Waals surface area contributed by atoms with Crippen LogP contribution in [0.15, 0.2) is 35.4 Å². The van der Waals surface area contributed by atoms with Crippen LogP contribution in [-0.2, 0) is 17.1 Å². The lowest BCUT2D eigenvalue weighted by Gasteiger charge is -2.32. The molecule has 44 heavy (non-hydrogen) atoms. The van der Waals surface area contributed by atoms with E-state index in [1.807, 2.05) is 35.4 Å². The second kappa shape index (κ2) is 12.2. The molecule has 4 heterocycles. The Kier molecular flexibility index (Phi) is 8.67. The van der Waals surface area contributed by atoms with Crippen molar-refractivity contribution >= 4 is 50.1 Å². The van der Waals surface area contributed by atoms with Crippen molar-refractivity contribution in [2.75, 3.05) is 29.6 Å². The van der Waals surface area contributed by atoms with E-state index in [1.54, 1.807) is 24.0 Å². The number of sulfonamides is 1. The second-order valence-electron chi connectivity index (χ2n) is 11.6. The van der Waals surface area contributed by atoms with Crippen molar-refractivity contribution in [2.45, 2.75) is 58.5 Å². The van der Waals surface area contributed by atoms with Gasteiger partial charge in [-0.3, -0.25) is 18.8 Å². The zero-order valence-electron chi connectivity index (χ0n) is 25.5. The molecule has 2 N–H and O–H groups in total. The summed E-state index contributed by atoms with van der Waals surface area (Å²) in [6.07, 6.45) is 4.32. The molecule has 0 saturated carbocycles. The number of benzene rings is 1. The molecule has 1 aliphatic rings. The number of rotatable bonds is 8. The molecule has 13 nitrogen and oxygen atoms in total. The van der Waals surface area contributed by atoms with Crippen molar-refractivity contribution < 1.29 is 13.2 Å². The number of anilines is 2. The van der Waals surface area contributed by atoms with Gasteiger partial charge >= 0.3 is 0 Å². The number of carbonyl (C=O) groups is 1. The number of hydrogen-bond acceptors (Lipinski definition) is 10. The van der Waals surface area contributed by atoms with Crippen LogP contribution in [-0.4, -0.2) is 63.0 Å². The number of halogens is 1. The fourth-order valence-electron chi connectivity index (χ4n) is 5.47. The lowest BCUT2D eigenvalue weighted by atomic mass is 9.96. The van der Waals surface area contributed by atoms with Crippen LogP contribution in [0.5, 0.6) is 0 Å². The van der Waals surface area contributed by atoms with Gasteiger partial charge in [-0.1, -0.05) is 17.7 Å². The van der Waals surface area contributed by atoms with Crippen LogP contribution in [0.4, 0.5) is 11.6 Å². The number of fused-ring (bicyclic) bond motifs is 1. The SMILES string of the molecule is Cc1cc([C@@H](C)Nc2ccc(Cl)nc2C(=O)NS(C)(=O)=O)c2nc(N3CCC(c4ncn(C(C)C)n4)CC3)n(C)c(=O)c2c1. The van der Waals surface area contributed by atoms with Gasteiger partial charge in [-0.15, -0.1) is 0 Å². The predicted molar refractivity (Wildman–Crippen MR) is 170 cm³/mol. The van der Waals surface area contributed by atoms with Crippen LogP contribution in [0.1, 0.15) is 79.1 Å². The number of aromatic nitrogens is 6. The summed E-state index contributed by atoms with van der Waals surface area (Å²) < 4.78 is 28.8. The summed E-state index contributed by atoms with van der Waals surface area (Å²) in [7, 11) is -2.10. The van der Waals surface area contributed by atoms with Gasteiger partial charge in [0.05, 0.1) is 28.9 Å². The smallest absolute Gasteiger partial charge is 0.285 e. The summed E-state index contributed by atoms with van der Waals surface area (Å²) in [5.41, 5.74) is 2.08. The number of aryl methyl sites for hydroxylation is 1. The van der Waals surface area contributed by atoms with E-state index < -0.39 is 22.0 Å². The van der Waals surface area contributed by atoms with E-state index in [0.29, 0.717) is 29.9 Å². The molecule has 1 atom stereocenters. The first-order chi connectivity index (χ1) is 20.7. The minimum Gasteiger partial charge on any atom is -0.377 e. The van der Waals surface area contributed by atoms with Crippen LogP contribution >= 0.6 is 11.6 Å². The maximum absolute atomic E-state index is 13.7. The number of nitrogens with zero attached hydrogens (tertiary/aromatic N) is 7. The highest BCUT2D eigenvalue weighted by molar-refractivity contribution is 7.89. The topological polar surface area (TPSA) is 157 Å². The van der Waals surface area contributed by atoms with Gasteiger partial charge in [0.25, 0.3) is 11.5 Å². The Morgan fingerprint density at radius 2 is 1.82 bits per heavy atom. The molecule has 4 aromatic rings. The molecule has 3 aromatic heterocycles. The predicted octanol–water partition coefficient (Wildman–Crippen LogP) is 3.71. The summed E-state index contributed by atoms with van der Waals surface area (Å²) in [5, 5.41) is 8.42. The van der Waals surface area contributed by atoms with Crippen molar-refractivity contribution in [3.05, 3.63) is 68.7 Å². The Morgan fingerprint density at radius 3 is 2.45 bits per heavy atom. The Balaban J connectivity index is 1.46. The molecule has 0 bridgehead atoms. The highest BCUT2D eigenvalue weighted by atomic mass is 35.5. The maximum Gasteiger partial charge on any atom is 0.285 e. The van der Waals surface area contributed by atoms with Crippen molar-refractivity contribution in [3.63, 3.8) is 0 Å². The van der Waals surface area contributed by atoms with Crippen molar-refractivity contribution in [3.8, 4) is 0 Å². The molecule has 234 valence electrons. The van der Waals surface area contributed by atoms with Gasteiger partial charge in [0, 0.05) is 37.7 Å². The van der Waals surface area contributed by atoms with E-state index in [-0.39, 0.29) is 34.1 Å². The number of pyridine rings is 1. The van der Waals surface area contributed by atoms with Crippen molar-refractivity contribution in [1.82, 2.24) is 34.0 Å². The fourth-order valence-corrected chi connectivity index (χ4v) is 6.05. The number of carbonyl (C=O) groups excluding carboxylic acids is 1. The van der Waals surface area contributed by atoms with Crippen LogP contribution < -0.4 is 20.5 Å². The average Bonchev–Trinajstić information content (AvgIpc) is 3.46. The molecule has 1 fully saturated rings. The van der Waals surface area contributed by atoms with E-state index in [4.69, 9.17) is 16.6 Å². The number of amides is 1. The highest BCUT2D eigenvalue weighted by Gasteiger charge is 2.27. The Morgan fingerprint density at radius 1 is 1.11 bits per heavy atom. The van der Waals surface area contributed by atoms with Gasteiger partial charge in [0.2, 0.25) is 16.0 Å². The standard InChI is InChI=1S/C29H36ClN9O4S/c1-16(2)39-15-31-26(35-39)19-9-11-38(12-10-19)29-34-24-20(13-17(3)14-21(24)28(41)37(29)5)18(4)32-22-7-8-23(30)33-25(22)27(40)36-44(6,42)43/h7-8,13-16,18-19,32H,9-12H2,1-6H3,(H,36,40)/t18-/m1/s1. The van der Waals surface area contributed by atoms with E-state index >= 15 is 0 Å². The minimum absolute atomic E-state index is 0.0329. The lowest BCUT2D eigenvalue weighted by Crippen LogP contribution is -2.38. The first-order valence-electron chi connectivity index (χ1n) is 14.3. The van der Waals surface area contributed by atoms with E-state index in [0.717, 1.165) is 36.0 Å². The molecule has 1 aromatic carbocycles. The molecule has 0 aliphatic carbocycles. The van der Waals surface area contributed by atoms with Gasteiger partial charge < -0.3 is 10.2 Å². The molecular formula is C29H36ClN9O4S. The summed E-state index contributed by atoms with van der Waals surface area (Å²) in [5.74, 6) is 0.730. The lowest BCUT2D eigenvalue weighted by molar-refractivity contribution is 0.0977. The summed E-state index contributed by atoms with van der Waals surface area (Å²) in [4.78, 5) is 42.1. The van der Waals surface area contributed by atoms with Gasteiger partial charge in [-0.2, -0.15) is 5.10 Å². The second-order valence-corrected chi connectivity index (χ2v) is 13.7. The monoisotopic (exact) mass is 641 g/mol. The quantitative estimate of drug-likeness (QED) is 0.272. The third kappa shape index (κ3) is 6.55. The average molecular weight is 642 g/mol. The molecule has 1 amide bonds. The molecule has 1 aliphatic heterocycles.